The van der Waals surface area contributed by atoms with Crippen LogP contribution in [-0.2, 0) is 4.74 Å². The van der Waals surface area contributed by atoms with Crippen molar-refractivity contribution in [3.05, 3.63) is 12.2 Å². The van der Waals surface area contributed by atoms with Crippen molar-refractivity contribution in [2.24, 2.45) is 0 Å². The summed E-state index contributed by atoms with van der Waals surface area (Å²) in [6.07, 6.45) is 8.07. The number of unbranched alkanes of at least 4 members (excludes halogenated alkanes) is 1. The van der Waals surface area contributed by atoms with Crippen LogP contribution in [-0.4, -0.2) is 12.7 Å². The summed E-state index contributed by atoms with van der Waals surface area (Å²) in [6.45, 7) is 4.77. The van der Waals surface area contributed by atoms with Crippen molar-refractivity contribution in [2.75, 3.05) is 6.61 Å². The number of ether oxygens (including phenoxy) is 1. The molecule has 0 fully saturated rings. The molecule has 2 nitrogen and oxygen atoms in total. The van der Waals surface area contributed by atoms with Gasteiger partial charge >= 0.3 is 0 Å². The van der Waals surface area contributed by atoms with Gasteiger partial charge in [-0.3, -0.25) is 0 Å². The monoisotopic (exact) mass is 181 g/mol. The van der Waals surface area contributed by atoms with E-state index >= 15 is 0 Å². The van der Waals surface area contributed by atoms with Crippen LogP contribution in [0.25, 0.3) is 0 Å². The Bertz CT molecular complexity index is 169. The summed E-state index contributed by atoms with van der Waals surface area (Å²) < 4.78 is 5.31. The van der Waals surface area contributed by atoms with Gasteiger partial charge in [-0.05, 0) is 19.3 Å². The number of allylic oxidation sites excluding steroid dienone is 1. The number of hydrogen-bond donors (Lipinski definition) is 0. The zero-order valence-electron chi connectivity index (χ0n) is 8.62. The molecule has 0 heterocycles. The molecule has 2 heteroatoms. The highest BCUT2D eigenvalue weighted by atomic mass is 16.5. The Labute approximate surface area is 81.2 Å². The van der Waals surface area contributed by atoms with Crippen molar-refractivity contribution >= 4 is 0 Å². The van der Waals surface area contributed by atoms with Crippen LogP contribution in [0.3, 0.4) is 0 Å². The fourth-order valence-electron chi connectivity index (χ4n) is 0.927. The first kappa shape index (κ1) is 12.2. The summed E-state index contributed by atoms with van der Waals surface area (Å²) in [5.74, 6) is 0. The summed E-state index contributed by atoms with van der Waals surface area (Å²) in [5.41, 5.74) is 0. The fraction of sp³-hybridized carbons (Fsp3) is 0.727. The Hall–Kier alpha value is -0.810. The van der Waals surface area contributed by atoms with Crippen molar-refractivity contribution in [3.63, 3.8) is 0 Å². The van der Waals surface area contributed by atoms with Crippen LogP contribution in [0.1, 0.15) is 39.5 Å². The Kier molecular flexibility index (Phi) is 8.70. The molecule has 74 valence electrons. The average molecular weight is 181 g/mol. The fourth-order valence-corrected chi connectivity index (χ4v) is 0.927. The Morgan fingerprint density at radius 1 is 1.31 bits per heavy atom. The third-order valence-electron chi connectivity index (χ3n) is 1.74. The van der Waals surface area contributed by atoms with Gasteiger partial charge in [0.15, 0.2) is 0 Å². The Morgan fingerprint density at radius 3 is 2.54 bits per heavy atom. The van der Waals surface area contributed by atoms with Crippen molar-refractivity contribution in [1.29, 1.82) is 5.26 Å². The third kappa shape index (κ3) is 7.55. The van der Waals surface area contributed by atoms with Gasteiger partial charge in [0, 0.05) is 0 Å². The van der Waals surface area contributed by atoms with E-state index in [0.717, 1.165) is 19.3 Å². The van der Waals surface area contributed by atoms with Crippen LogP contribution in [0, 0.1) is 11.3 Å². The second kappa shape index (κ2) is 9.28. The van der Waals surface area contributed by atoms with E-state index in [1.807, 2.05) is 6.92 Å². The lowest BCUT2D eigenvalue weighted by atomic mass is 10.3. The number of hydrogen-bond acceptors (Lipinski definition) is 2. The van der Waals surface area contributed by atoms with Crippen LogP contribution in [0.15, 0.2) is 12.2 Å². The first-order valence-electron chi connectivity index (χ1n) is 5.01. The van der Waals surface area contributed by atoms with Gasteiger partial charge in [-0.2, -0.15) is 5.26 Å². The van der Waals surface area contributed by atoms with Crippen molar-refractivity contribution in [3.8, 4) is 6.07 Å². The van der Waals surface area contributed by atoms with Gasteiger partial charge in [0.05, 0.1) is 12.7 Å². The van der Waals surface area contributed by atoms with Crippen LogP contribution in [0.5, 0.6) is 0 Å². The van der Waals surface area contributed by atoms with Crippen LogP contribution >= 0.6 is 0 Å². The topological polar surface area (TPSA) is 33.0 Å². The number of rotatable bonds is 7. The van der Waals surface area contributed by atoms with Gasteiger partial charge < -0.3 is 4.74 Å². The predicted molar refractivity (Wildman–Crippen MR) is 54.3 cm³/mol. The quantitative estimate of drug-likeness (QED) is 0.446. The molecule has 0 bridgehead atoms. The molecule has 0 spiro atoms. The molecule has 0 amide bonds. The predicted octanol–water partition coefficient (Wildman–Crippen LogP) is 3.05. The Balaban J connectivity index is 3.30. The summed E-state index contributed by atoms with van der Waals surface area (Å²) >= 11 is 0. The number of nitriles is 1. The maximum Gasteiger partial charge on any atom is 0.143 e. The zero-order valence-corrected chi connectivity index (χ0v) is 8.62. The normalized spacial score (nSPS) is 13.0. The molecular weight excluding hydrogens is 162 g/mol. The summed E-state index contributed by atoms with van der Waals surface area (Å²) in [7, 11) is 0. The second-order valence-electron chi connectivity index (χ2n) is 2.95. The molecule has 0 rings (SSSR count). The molecular formula is C11H19NO. The summed E-state index contributed by atoms with van der Waals surface area (Å²) in [4.78, 5) is 0. The minimum Gasteiger partial charge on any atom is -0.363 e. The molecule has 0 aromatic carbocycles. The minimum absolute atomic E-state index is 0.223. The molecule has 0 N–H and O–H groups in total. The van der Waals surface area contributed by atoms with E-state index < -0.39 is 0 Å². The van der Waals surface area contributed by atoms with Gasteiger partial charge in [0.2, 0.25) is 0 Å². The van der Waals surface area contributed by atoms with Gasteiger partial charge in [0.25, 0.3) is 0 Å². The van der Waals surface area contributed by atoms with Crippen LogP contribution in [0.2, 0.25) is 0 Å². The van der Waals surface area contributed by atoms with E-state index in [9.17, 15) is 0 Å². The first-order valence-corrected chi connectivity index (χ1v) is 5.01. The molecule has 0 radical (unpaired) electrons. The molecule has 0 aromatic heterocycles. The van der Waals surface area contributed by atoms with E-state index in [2.05, 4.69) is 25.1 Å². The van der Waals surface area contributed by atoms with E-state index in [4.69, 9.17) is 10.00 Å². The molecule has 1 unspecified atom stereocenters. The molecule has 0 saturated carbocycles. The molecule has 0 aromatic rings. The molecule has 0 aliphatic rings. The van der Waals surface area contributed by atoms with E-state index in [1.165, 1.54) is 6.42 Å². The van der Waals surface area contributed by atoms with Crippen molar-refractivity contribution in [1.82, 2.24) is 0 Å². The largest absolute Gasteiger partial charge is 0.363 e. The molecule has 13 heavy (non-hydrogen) atoms. The highest BCUT2D eigenvalue weighted by Crippen LogP contribution is 1.98. The van der Waals surface area contributed by atoms with Gasteiger partial charge in [-0.1, -0.05) is 32.4 Å². The average Bonchev–Trinajstić information content (AvgIpc) is 2.17. The SMILES string of the molecule is CCC/C=C\CCOC(C#N)CC. The zero-order chi connectivity index (χ0) is 9.94. The third-order valence-corrected chi connectivity index (χ3v) is 1.74. The summed E-state index contributed by atoms with van der Waals surface area (Å²) in [5, 5.41) is 8.57. The lowest BCUT2D eigenvalue weighted by molar-refractivity contribution is 0.0914. The number of nitrogens with zero attached hydrogens (tertiary/aromatic N) is 1. The molecule has 0 aliphatic heterocycles. The highest BCUT2D eigenvalue weighted by Gasteiger charge is 2.01. The maximum atomic E-state index is 8.57. The maximum absolute atomic E-state index is 8.57. The van der Waals surface area contributed by atoms with E-state index in [1.54, 1.807) is 0 Å². The van der Waals surface area contributed by atoms with Gasteiger partial charge in [0.1, 0.15) is 6.10 Å². The van der Waals surface area contributed by atoms with Gasteiger partial charge in [-0.15, -0.1) is 0 Å². The Morgan fingerprint density at radius 2 is 2.00 bits per heavy atom. The van der Waals surface area contributed by atoms with Crippen LogP contribution in [0.4, 0.5) is 0 Å². The van der Waals surface area contributed by atoms with Crippen molar-refractivity contribution in [2.45, 2.75) is 45.6 Å². The molecule has 1 atom stereocenters. The minimum atomic E-state index is -0.223. The van der Waals surface area contributed by atoms with Gasteiger partial charge in [-0.25, -0.2) is 0 Å². The van der Waals surface area contributed by atoms with Crippen molar-refractivity contribution < 1.29 is 4.74 Å². The summed E-state index contributed by atoms with van der Waals surface area (Å²) in [6, 6.07) is 2.11. The van der Waals surface area contributed by atoms with E-state index in [0.29, 0.717) is 6.61 Å². The molecule has 0 aliphatic carbocycles. The highest BCUT2D eigenvalue weighted by molar-refractivity contribution is 4.84. The standard InChI is InChI=1S/C11H19NO/c1-3-5-6-7-8-9-13-11(4-2)10-12/h6-7,11H,3-5,8-9H2,1-2H3/b7-6-. The molecule has 0 saturated heterocycles. The van der Waals surface area contributed by atoms with Crippen LogP contribution < -0.4 is 0 Å². The smallest absolute Gasteiger partial charge is 0.143 e. The van der Waals surface area contributed by atoms with E-state index in [-0.39, 0.29) is 6.10 Å². The lowest BCUT2D eigenvalue weighted by Crippen LogP contribution is -2.09. The lowest BCUT2D eigenvalue weighted by Gasteiger charge is -2.05. The second-order valence-corrected chi connectivity index (χ2v) is 2.95. The first-order chi connectivity index (χ1) is 6.35.